The molecule has 3 aromatic rings. The summed E-state index contributed by atoms with van der Waals surface area (Å²) in [5, 5.41) is 14.3. The van der Waals surface area contributed by atoms with Crippen molar-refractivity contribution in [2.45, 2.75) is 19.3 Å². The summed E-state index contributed by atoms with van der Waals surface area (Å²) in [6.07, 6.45) is 3.33. The molecule has 0 atom stereocenters. The number of rotatable bonds is 8. The second-order valence-corrected chi connectivity index (χ2v) is 6.14. The summed E-state index contributed by atoms with van der Waals surface area (Å²) in [7, 11) is 1.65. The lowest BCUT2D eigenvalue weighted by Gasteiger charge is -2.14. The number of nitrogens with zero attached hydrogens (tertiary/aromatic N) is 1. The average molecular weight is 350 g/mol. The minimum Gasteiger partial charge on any atom is -0.497 e. The van der Waals surface area contributed by atoms with E-state index >= 15 is 0 Å². The van der Waals surface area contributed by atoms with E-state index in [2.05, 4.69) is 18.0 Å². The number of aryl methyl sites for hydroxylation is 1. The van der Waals surface area contributed by atoms with Crippen LogP contribution in [0, 0.1) is 0 Å². The van der Waals surface area contributed by atoms with Crippen molar-refractivity contribution in [1.82, 2.24) is 4.98 Å². The largest absolute Gasteiger partial charge is 0.497 e. The van der Waals surface area contributed by atoms with Crippen molar-refractivity contribution >= 4 is 33.5 Å². The van der Waals surface area contributed by atoms with Gasteiger partial charge in [0.05, 0.1) is 23.8 Å². The zero-order valence-corrected chi connectivity index (χ0v) is 14.8. The Bertz CT molecular complexity index is 966. The molecule has 1 heterocycles. The smallest absolute Gasteiger partial charge is 0.303 e. The minimum atomic E-state index is -0.765. The Hall–Kier alpha value is -3.08. The van der Waals surface area contributed by atoms with E-state index in [0.29, 0.717) is 13.0 Å². The molecule has 2 N–H and O–H groups in total. The number of aliphatic carboxylic acids is 1. The van der Waals surface area contributed by atoms with Crippen molar-refractivity contribution in [2.75, 3.05) is 19.0 Å². The molecule has 3 rings (SSSR count). The molecular formula is C21H22N2O3. The molecule has 0 aliphatic heterocycles. The van der Waals surface area contributed by atoms with Crippen LogP contribution in [0.2, 0.25) is 0 Å². The van der Waals surface area contributed by atoms with Crippen LogP contribution in [0.5, 0.6) is 5.75 Å². The third kappa shape index (κ3) is 3.77. The highest BCUT2D eigenvalue weighted by atomic mass is 16.5. The maximum absolute atomic E-state index is 10.7. The van der Waals surface area contributed by atoms with Crippen LogP contribution in [0.3, 0.4) is 0 Å². The molecule has 0 unspecified atom stereocenters. The second-order valence-electron chi connectivity index (χ2n) is 6.14. The molecular weight excluding hydrogens is 328 g/mol. The molecule has 0 aliphatic carbocycles. The van der Waals surface area contributed by atoms with E-state index in [1.165, 1.54) is 0 Å². The molecule has 1 aromatic heterocycles. The topological polar surface area (TPSA) is 71.5 Å². The van der Waals surface area contributed by atoms with Crippen LogP contribution in [-0.2, 0) is 11.2 Å². The SMILES string of the molecule is C=CCNc1c2cc(CCCC(=O)O)ccc2nc2ccc(OC)cc12. The van der Waals surface area contributed by atoms with Gasteiger partial charge in [0.25, 0.3) is 0 Å². The fraction of sp³-hybridized carbons (Fsp3) is 0.238. The number of hydrogen-bond acceptors (Lipinski definition) is 4. The van der Waals surface area contributed by atoms with Crippen molar-refractivity contribution in [3.63, 3.8) is 0 Å². The van der Waals surface area contributed by atoms with E-state index < -0.39 is 5.97 Å². The molecule has 26 heavy (non-hydrogen) atoms. The van der Waals surface area contributed by atoms with E-state index in [-0.39, 0.29) is 6.42 Å². The van der Waals surface area contributed by atoms with Gasteiger partial charge in [0.15, 0.2) is 0 Å². The van der Waals surface area contributed by atoms with Gasteiger partial charge in [0, 0.05) is 23.7 Å². The summed E-state index contributed by atoms with van der Waals surface area (Å²) < 4.78 is 5.36. The van der Waals surface area contributed by atoms with Crippen molar-refractivity contribution in [2.24, 2.45) is 0 Å². The summed E-state index contributed by atoms with van der Waals surface area (Å²) in [6.45, 7) is 4.42. The lowest BCUT2D eigenvalue weighted by atomic mass is 10.0. The summed E-state index contributed by atoms with van der Waals surface area (Å²) in [4.78, 5) is 15.5. The average Bonchev–Trinajstić information content (AvgIpc) is 2.64. The minimum absolute atomic E-state index is 0.173. The number of nitrogens with one attached hydrogen (secondary N) is 1. The van der Waals surface area contributed by atoms with Crippen molar-refractivity contribution in [3.05, 3.63) is 54.6 Å². The third-order valence-corrected chi connectivity index (χ3v) is 4.32. The van der Waals surface area contributed by atoms with Gasteiger partial charge in [-0.3, -0.25) is 4.79 Å². The number of carbonyl (C=O) groups is 1. The lowest BCUT2D eigenvalue weighted by molar-refractivity contribution is -0.137. The first-order valence-corrected chi connectivity index (χ1v) is 8.59. The monoisotopic (exact) mass is 350 g/mol. The van der Waals surface area contributed by atoms with Crippen LogP contribution in [-0.4, -0.2) is 29.7 Å². The van der Waals surface area contributed by atoms with E-state index in [1.807, 2.05) is 36.4 Å². The number of fused-ring (bicyclic) bond motifs is 2. The zero-order chi connectivity index (χ0) is 18.5. The first-order valence-electron chi connectivity index (χ1n) is 8.59. The van der Waals surface area contributed by atoms with Crippen molar-refractivity contribution in [1.29, 1.82) is 0 Å². The maximum atomic E-state index is 10.7. The van der Waals surface area contributed by atoms with Crippen molar-refractivity contribution < 1.29 is 14.6 Å². The van der Waals surface area contributed by atoms with Gasteiger partial charge in [-0.15, -0.1) is 6.58 Å². The Morgan fingerprint density at radius 2 is 1.96 bits per heavy atom. The molecule has 0 fully saturated rings. The number of aromatic nitrogens is 1. The molecule has 0 amide bonds. The molecule has 0 spiro atoms. The molecule has 0 radical (unpaired) electrons. The fourth-order valence-electron chi connectivity index (χ4n) is 3.06. The van der Waals surface area contributed by atoms with Gasteiger partial charge in [-0.25, -0.2) is 4.98 Å². The molecule has 0 aliphatic rings. The Kier molecular flexibility index (Phi) is 5.37. The number of pyridine rings is 1. The normalized spacial score (nSPS) is 10.8. The van der Waals surface area contributed by atoms with Crippen LogP contribution < -0.4 is 10.1 Å². The highest BCUT2D eigenvalue weighted by Crippen LogP contribution is 2.33. The third-order valence-electron chi connectivity index (χ3n) is 4.32. The maximum Gasteiger partial charge on any atom is 0.303 e. The Labute approximate surface area is 152 Å². The molecule has 0 saturated carbocycles. The van der Waals surface area contributed by atoms with E-state index in [1.54, 1.807) is 7.11 Å². The molecule has 5 heteroatoms. The molecule has 134 valence electrons. The number of carboxylic acids is 1. The quantitative estimate of drug-likeness (QED) is 0.465. The Morgan fingerprint density at radius 3 is 2.65 bits per heavy atom. The van der Waals surface area contributed by atoms with Crippen LogP contribution in [0.1, 0.15) is 18.4 Å². The van der Waals surface area contributed by atoms with E-state index in [4.69, 9.17) is 14.8 Å². The van der Waals surface area contributed by atoms with Crippen molar-refractivity contribution in [3.8, 4) is 5.75 Å². The first kappa shape index (κ1) is 17.7. The Morgan fingerprint density at radius 1 is 1.23 bits per heavy atom. The zero-order valence-electron chi connectivity index (χ0n) is 14.8. The van der Waals surface area contributed by atoms with E-state index in [0.717, 1.165) is 45.2 Å². The van der Waals surface area contributed by atoms with Crippen LogP contribution >= 0.6 is 0 Å². The van der Waals surface area contributed by atoms with Gasteiger partial charge in [-0.05, 0) is 48.7 Å². The van der Waals surface area contributed by atoms with Gasteiger partial charge in [0.1, 0.15) is 5.75 Å². The fourth-order valence-corrected chi connectivity index (χ4v) is 3.06. The standard InChI is InChI=1S/C21H22N2O3/c1-3-11-22-21-16-12-14(5-4-6-20(24)25)7-9-18(16)23-19-10-8-15(26-2)13-17(19)21/h3,7-10,12-13H,1,4-6,11H2,2H3,(H,22,23)(H,24,25). The molecule has 5 nitrogen and oxygen atoms in total. The summed E-state index contributed by atoms with van der Waals surface area (Å²) in [5.74, 6) is 0.0109. The number of anilines is 1. The van der Waals surface area contributed by atoms with Gasteiger partial charge in [-0.1, -0.05) is 12.1 Å². The van der Waals surface area contributed by atoms with Crippen LogP contribution in [0.25, 0.3) is 21.8 Å². The first-order chi connectivity index (χ1) is 12.6. The number of ether oxygens (including phenoxy) is 1. The highest BCUT2D eigenvalue weighted by Gasteiger charge is 2.11. The van der Waals surface area contributed by atoms with Gasteiger partial charge >= 0.3 is 5.97 Å². The van der Waals surface area contributed by atoms with Crippen LogP contribution in [0.15, 0.2) is 49.1 Å². The second kappa shape index (κ2) is 7.87. The predicted molar refractivity (Wildman–Crippen MR) is 105 cm³/mol. The van der Waals surface area contributed by atoms with E-state index in [9.17, 15) is 4.79 Å². The predicted octanol–water partition coefficient (Wildman–Crippen LogP) is 4.40. The number of carboxylic acid groups (broad SMARTS) is 1. The lowest BCUT2D eigenvalue weighted by Crippen LogP contribution is -2.02. The Balaban J connectivity index is 2.11. The number of hydrogen-bond donors (Lipinski definition) is 2. The highest BCUT2D eigenvalue weighted by molar-refractivity contribution is 6.08. The van der Waals surface area contributed by atoms with Crippen LogP contribution in [0.4, 0.5) is 5.69 Å². The summed E-state index contributed by atoms with van der Waals surface area (Å²) >= 11 is 0. The molecule has 2 aromatic carbocycles. The van der Waals surface area contributed by atoms with Gasteiger partial charge in [-0.2, -0.15) is 0 Å². The summed E-state index contributed by atoms with van der Waals surface area (Å²) in [5.41, 5.74) is 3.88. The number of benzene rings is 2. The van der Waals surface area contributed by atoms with Gasteiger partial charge < -0.3 is 15.2 Å². The molecule has 0 saturated heterocycles. The van der Waals surface area contributed by atoms with Gasteiger partial charge in [0.2, 0.25) is 0 Å². The summed E-state index contributed by atoms with van der Waals surface area (Å²) in [6, 6.07) is 11.9. The number of methoxy groups -OCH3 is 1. The molecule has 0 bridgehead atoms.